The highest BCUT2D eigenvalue weighted by atomic mass is 16.5. The van der Waals surface area contributed by atoms with Gasteiger partial charge in [0.25, 0.3) is 0 Å². The van der Waals surface area contributed by atoms with Gasteiger partial charge in [-0.05, 0) is 11.5 Å². The van der Waals surface area contributed by atoms with Crippen molar-refractivity contribution in [1.82, 2.24) is 0 Å². The third-order valence-corrected chi connectivity index (χ3v) is 2.55. The first-order valence-corrected chi connectivity index (χ1v) is 5.66. The fraction of sp³-hybridized carbons (Fsp3) is 0.462. The van der Waals surface area contributed by atoms with E-state index in [0.29, 0.717) is 0 Å². The van der Waals surface area contributed by atoms with Crippen LogP contribution in [0.1, 0.15) is 19.4 Å². The second kappa shape index (κ2) is 6.37. The van der Waals surface area contributed by atoms with Crippen LogP contribution in [0.4, 0.5) is 0 Å². The van der Waals surface area contributed by atoms with Gasteiger partial charge in [0.1, 0.15) is 12.6 Å². The Morgan fingerprint density at radius 2 is 1.94 bits per heavy atom. The van der Waals surface area contributed by atoms with Crippen LogP contribution < -0.4 is 5.73 Å². The molecule has 0 heterocycles. The number of rotatable bonds is 5. The first-order valence-electron chi connectivity index (χ1n) is 5.66. The molecular formula is C13H19NO3. The van der Waals surface area contributed by atoms with Crippen LogP contribution in [0.5, 0.6) is 0 Å². The van der Waals surface area contributed by atoms with Crippen molar-refractivity contribution in [3.05, 3.63) is 35.9 Å². The van der Waals surface area contributed by atoms with Gasteiger partial charge in [0.2, 0.25) is 0 Å². The van der Waals surface area contributed by atoms with Gasteiger partial charge in [-0.15, -0.1) is 0 Å². The van der Waals surface area contributed by atoms with Gasteiger partial charge in [-0.3, -0.25) is 4.79 Å². The van der Waals surface area contributed by atoms with Crippen LogP contribution in [-0.2, 0) is 16.1 Å². The predicted octanol–water partition coefficient (Wildman–Crippen LogP) is 1.07. The molecule has 0 aliphatic heterocycles. The minimum atomic E-state index is -0.987. The summed E-state index contributed by atoms with van der Waals surface area (Å²) in [5, 5.41) is 9.64. The molecule has 2 unspecified atom stereocenters. The lowest BCUT2D eigenvalue weighted by molar-refractivity contribution is -0.150. The fourth-order valence-electron chi connectivity index (χ4n) is 1.38. The van der Waals surface area contributed by atoms with E-state index < -0.39 is 18.1 Å². The van der Waals surface area contributed by atoms with E-state index in [-0.39, 0.29) is 12.5 Å². The fourth-order valence-corrected chi connectivity index (χ4v) is 1.38. The molecule has 1 aromatic rings. The van der Waals surface area contributed by atoms with Crippen LogP contribution in [0.2, 0.25) is 0 Å². The molecule has 17 heavy (non-hydrogen) atoms. The molecule has 0 aromatic heterocycles. The Hall–Kier alpha value is -1.39. The highest BCUT2D eigenvalue weighted by Crippen LogP contribution is 2.07. The van der Waals surface area contributed by atoms with Gasteiger partial charge < -0.3 is 15.6 Å². The molecule has 0 saturated heterocycles. The van der Waals surface area contributed by atoms with Crippen LogP contribution in [-0.4, -0.2) is 23.2 Å². The summed E-state index contributed by atoms with van der Waals surface area (Å²) >= 11 is 0. The van der Waals surface area contributed by atoms with Gasteiger partial charge in [-0.1, -0.05) is 44.2 Å². The first-order chi connectivity index (χ1) is 8.02. The zero-order chi connectivity index (χ0) is 12.8. The number of nitrogens with two attached hydrogens (primary N) is 1. The molecule has 0 radical (unpaired) electrons. The molecule has 0 fully saturated rings. The van der Waals surface area contributed by atoms with E-state index in [2.05, 4.69) is 0 Å². The van der Waals surface area contributed by atoms with Crippen LogP contribution >= 0.6 is 0 Å². The van der Waals surface area contributed by atoms with Crippen molar-refractivity contribution in [1.29, 1.82) is 0 Å². The minimum Gasteiger partial charge on any atom is -0.460 e. The Morgan fingerprint density at radius 3 is 2.47 bits per heavy atom. The largest absolute Gasteiger partial charge is 0.460 e. The summed E-state index contributed by atoms with van der Waals surface area (Å²) in [6.45, 7) is 3.78. The maximum absolute atomic E-state index is 11.6. The van der Waals surface area contributed by atoms with Crippen molar-refractivity contribution in [3.8, 4) is 0 Å². The SMILES string of the molecule is CC(C)C(O)C(N)C(=O)OCc1ccccc1. The van der Waals surface area contributed by atoms with E-state index in [0.717, 1.165) is 5.56 Å². The monoisotopic (exact) mass is 237 g/mol. The second-order valence-electron chi connectivity index (χ2n) is 4.35. The smallest absolute Gasteiger partial charge is 0.325 e. The zero-order valence-corrected chi connectivity index (χ0v) is 10.2. The van der Waals surface area contributed by atoms with Gasteiger partial charge >= 0.3 is 5.97 Å². The molecule has 0 spiro atoms. The lowest BCUT2D eigenvalue weighted by Gasteiger charge is -2.20. The Morgan fingerprint density at radius 1 is 1.35 bits per heavy atom. The molecule has 3 N–H and O–H groups in total. The molecule has 0 bridgehead atoms. The van der Waals surface area contributed by atoms with Gasteiger partial charge in [0.05, 0.1) is 6.10 Å². The molecule has 0 amide bonds. The lowest BCUT2D eigenvalue weighted by Crippen LogP contribution is -2.45. The summed E-state index contributed by atoms with van der Waals surface area (Å²) in [4.78, 5) is 11.6. The average Bonchev–Trinajstić information content (AvgIpc) is 2.35. The Labute approximate surface area is 101 Å². The molecule has 0 saturated carbocycles. The van der Waals surface area contributed by atoms with E-state index in [1.54, 1.807) is 13.8 Å². The normalized spacial score (nSPS) is 14.4. The molecule has 1 aromatic carbocycles. The molecule has 0 aliphatic rings. The number of aliphatic hydroxyl groups excluding tert-OH is 1. The number of carbonyl (C=O) groups excluding carboxylic acids is 1. The summed E-state index contributed by atoms with van der Waals surface area (Å²) < 4.78 is 5.04. The molecule has 2 atom stereocenters. The molecule has 0 aliphatic carbocycles. The number of esters is 1. The van der Waals surface area contributed by atoms with Gasteiger partial charge in [0.15, 0.2) is 0 Å². The number of hydrogen-bond donors (Lipinski definition) is 2. The first kappa shape index (κ1) is 13.7. The molecule has 94 valence electrons. The summed E-state index contributed by atoms with van der Waals surface area (Å²) in [6.07, 6.45) is -0.877. The predicted molar refractivity (Wildman–Crippen MR) is 65.1 cm³/mol. The van der Waals surface area contributed by atoms with Crippen LogP contribution in [0.3, 0.4) is 0 Å². The van der Waals surface area contributed by atoms with Crippen LogP contribution in [0.25, 0.3) is 0 Å². The molecule has 4 heteroatoms. The Bertz CT molecular complexity index is 351. The number of carbonyl (C=O) groups is 1. The van der Waals surface area contributed by atoms with Gasteiger partial charge in [-0.2, -0.15) is 0 Å². The van der Waals surface area contributed by atoms with E-state index >= 15 is 0 Å². The summed E-state index contributed by atoms with van der Waals surface area (Å²) in [6, 6.07) is 8.35. The van der Waals surface area contributed by atoms with Crippen molar-refractivity contribution in [2.24, 2.45) is 11.7 Å². The minimum absolute atomic E-state index is 0.0747. The van der Waals surface area contributed by atoms with E-state index in [4.69, 9.17) is 10.5 Å². The van der Waals surface area contributed by atoms with Crippen molar-refractivity contribution in [3.63, 3.8) is 0 Å². The second-order valence-corrected chi connectivity index (χ2v) is 4.35. The molecule has 1 rings (SSSR count). The maximum Gasteiger partial charge on any atom is 0.325 e. The Kier molecular flexibility index (Phi) is 5.12. The third-order valence-electron chi connectivity index (χ3n) is 2.55. The van der Waals surface area contributed by atoms with Gasteiger partial charge in [0, 0.05) is 0 Å². The number of ether oxygens (including phenoxy) is 1. The van der Waals surface area contributed by atoms with E-state index in [9.17, 15) is 9.90 Å². The Balaban J connectivity index is 2.45. The lowest BCUT2D eigenvalue weighted by atomic mass is 10.0. The van der Waals surface area contributed by atoms with Crippen molar-refractivity contribution in [2.45, 2.75) is 32.6 Å². The quantitative estimate of drug-likeness (QED) is 0.751. The standard InChI is InChI=1S/C13H19NO3/c1-9(2)12(15)11(14)13(16)17-8-10-6-4-3-5-7-10/h3-7,9,11-12,15H,8,14H2,1-2H3. The van der Waals surface area contributed by atoms with E-state index in [1.807, 2.05) is 30.3 Å². The number of hydrogen-bond acceptors (Lipinski definition) is 4. The summed E-state index contributed by atoms with van der Waals surface area (Å²) in [5.74, 6) is -0.649. The van der Waals surface area contributed by atoms with E-state index in [1.165, 1.54) is 0 Å². The average molecular weight is 237 g/mol. The van der Waals surface area contributed by atoms with Crippen molar-refractivity contribution in [2.75, 3.05) is 0 Å². The number of benzene rings is 1. The molecule has 4 nitrogen and oxygen atoms in total. The maximum atomic E-state index is 11.6. The third kappa shape index (κ3) is 4.17. The van der Waals surface area contributed by atoms with Crippen LogP contribution in [0.15, 0.2) is 30.3 Å². The zero-order valence-electron chi connectivity index (χ0n) is 10.2. The van der Waals surface area contributed by atoms with Gasteiger partial charge in [-0.25, -0.2) is 0 Å². The van der Waals surface area contributed by atoms with Crippen molar-refractivity contribution >= 4 is 5.97 Å². The highest BCUT2D eigenvalue weighted by molar-refractivity contribution is 5.76. The highest BCUT2D eigenvalue weighted by Gasteiger charge is 2.26. The topological polar surface area (TPSA) is 72.5 Å². The van der Waals surface area contributed by atoms with Crippen LogP contribution in [0, 0.1) is 5.92 Å². The van der Waals surface area contributed by atoms with Crippen molar-refractivity contribution < 1.29 is 14.6 Å². The summed E-state index contributed by atoms with van der Waals surface area (Å²) in [5.41, 5.74) is 6.50. The molecular weight excluding hydrogens is 218 g/mol. The number of aliphatic hydroxyl groups is 1. The summed E-state index contributed by atoms with van der Waals surface area (Å²) in [7, 11) is 0.